The summed E-state index contributed by atoms with van der Waals surface area (Å²) >= 11 is 0. The SMILES string of the molecule is C=C(C)c1cc(NC(=O)Nc2ccc(Oc3ccnc4[nH]c(=O)c(N)nc34)c3ccccc23)n(-c2ccc(C)cc2)n1. The number of rotatable bonds is 6. The number of nitrogen functional groups attached to an aromatic ring is 1. The lowest BCUT2D eigenvalue weighted by Gasteiger charge is -2.15. The molecule has 0 radical (unpaired) electrons. The molecule has 11 heteroatoms. The van der Waals surface area contributed by atoms with Crippen LogP contribution in [0, 0.1) is 6.92 Å². The third-order valence-electron chi connectivity index (χ3n) is 6.60. The summed E-state index contributed by atoms with van der Waals surface area (Å²) < 4.78 is 7.90. The number of nitrogens with one attached hydrogen (secondary N) is 3. The monoisotopic (exact) mass is 558 g/mol. The zero-order valence-corrected chi connectivity index (χ0v) is 22.8. The first-order valence-electron chi connectivity index (χ1n) is 13.0. The van der Waals surface area contributed by atoms with E-state index < -0.39 is 11.6 Å². The van der Waals surface area contributed by atoms with Gasteiger partial charge in [0.25, 0.3) is 5.56 Å². The Kier molecular flexibility index (Phi) is 6.59. The number of fused-ring (bicyclic) bond motifs is 2. The number of hydrogen-bond donors (Lipinski definition) is 4. The summed E-state index contributed by atoms with van der Waals surface area (Å²) in [4.78, 5) is 36.0. The fraction of sp³-hybridized carbons (Fsp3) is 0.0645. The highest BCUT2D eigenvalue weighted by Gasteiger charge is 2.16. The van der Waals surface area contributed by atoms with Crippen molar-refractivity contribution in [1.29, 1.82) is 0 Å². The highest BCUT2D eigenvalue weighted by atomic mass is 16.5. The number of amides is 2. The standard InChI is InChI=1S/C31H26N8O3/c1-17(2)23-16-26(39(38-23)19-10-8-18(3)9-11-19)35-31(41)34-22-12-13-24(21-7-5-4-6-20(21)22)42-25-14-15-33-29-27(25)36-28(32)30(40)37-29/h4-16H,1H2,2-3H3,(H2,32,36)(H,33,37,40)(H2,34,35,41). The average molecular weight is 559 g/mol. The van der Waals surface area contributed by atoms with Crippen LogP contribution in [-0.4, -0.2) is 30.8 Å². The molecule has 0 unspecified atom stereocenters. The van der Waals surface area contributed by atoms with Crippen LogP contribution in [0.1, 0.15) is 18.2 Å². The van der Waals surface area contributed by atoms with Crippen molar-refractivity contribution < 1.29 is 9.53 Å². The number of aromatic amines is 1. The van der Waals surface area contributed by atoms with Crippen molar-refractivity contribution in [3.8, 4) is 17.2 Å². The first kappa shape index (κ1) is 26.3. The molecule has 3 aromatic heterocycles. The van der Waals surface area contributed by atoms with Crippen molar-refractivity contribution in [3.63, 3.8) is 0 Å². The molecule has 0 aliphatic heterocycles. The molecule has 208 valence electrons. The Morgan fingerprint density at radius 2 is 1.76 bits per heavy atom. The van der Waals surface area contributed by atoms with Crippen LogP contribution in [0.4, 0.5) is 22.1 Å². The molecule has 0 fully saturated rings. The maximum atomic E-state index is 13.3. The predicted octanol–water partition coefficient (Wildman–Crippen LogP) is 6.02. The summed E-state index contributed by atoms with van der Waals surface area (Å²) in [6, 6.07) is 21.8. The van der Waals surface area contributed by atoms with Crippen LogP contribution in [0.5, 0.6) is 11.5 Å². The topological polar surface area (TPSA) is 153 Å². The number of pyridine rings is 1. The molecule has 3 heterocycles. The minimum Gasteiger partial charge on any atom is -0.454 e. The molecule has 5 N–H and O–H groups in total. The summed E-state index contributed by atoms with van der Waals surface area (Å²) in [5, 5.41) is 12.0. The summed E-state index contributed by atoms with van der Waals surface area (Å²) in [7, 11) is 0. The Bertz CT molecular complexity index is 2060. The highest BCUT2D eigenvalue weighted by Crippen LogP contribution is 2.36. The van der Waals surface area contributed by atoms with Gasteiger partial charge in [0.05, 0.1) is 17.1 Å². The van der Waals surface area contributed by atoms with E-state index in [0.29, 0.717) is 34.2 Å². The molecule has 0 aliphatic rings. The van der Waals surface area contributed by atoms with Gasteiger partial charge < -0.3 is 20.8 Å². The number of urea groups is 1. The van der Waals surface area contributed by atoms with Crippen molar-refractivity contribution in [1.82, 2.24) is 24.7 Å². The van der Waals surface area contributed by atoms with Gasteiger partial charge in [0, 0.05) is 29.1 Å². The van der Waals surface area contributed by atoms with Gasteiger partial charge in [0.15, 0.2) is 22.7 Å². The Labute approximate surface area is 239 Å². The molecular formula is C31H26N8O3. The van der Waals surface area contributed by atoms with Crippen molar-refractivity contribution >= 4 is 50.9 Å². The summed E-state index contributed by atoms with van der Waals surface area (Å²) in [6.07, 6.45) is 1.51. The number of nitrogens with zero attached hydrogens (tertiary/aromatic N) is 4. The maximum absolute atomic E-state index is 13.3. The number of aromatic nitrogens is 5. The fourth-order valence-electron chi connectivity index (χ4n) is 4.48. The van der Waals surface area contributed by atoms with Crippen LogP contribution in [0.15, 0.2) is 90.4 Å². The van der Waals surface area contributed by atoms with Gasteiger partial charge in [0.1, 0.15) is 11.6 Å². The van der Waals surface area contributed by atoms with E-state index in [4.69, 9.17) is 10.5 Å². The molecule has 6 rings (SSSR count). The predicted molar refractivity (Wildman–Crippen MR) is 164 cm³/mol. The van der Waals surface area contributed by atoms with Gasteiger partial charge >= 0.3 is 6.03 Å². The second kappa shape index (κ2) is 10.5. The zero-order chi connectivity index (χ0) is 29.4. The average Bonchev–Trinajstić information content (AvgIpc) is 3.39. The number of allylic oxidation sites excluding steroid dienone is 1. The third-order valence-corrected chi connectivity index (χ3v) is 6.60. The number of aryl methyl sites for hydroxylation is 1. The molecule has 0 spiro atoms. The fourth-order valence-corrected chi connectivity index (χ4v) is 4.48. The molecule has 0 saturated carbocycles. The summed E-state index contributed by atoms with van der Waals surface area (Å²) in [5.41, 5.74) is 9.72. The number of hydrogen-bond acceptors (Lipinski definition) is 7. The molecule has 11 nitrogen and oxygen atoms in total. The van der Waals surface area contributed by atoms with Crippen molar-refractivity contribution in [2.45, 2.75) is 13.8 Å². The molecule has 42 heavy (non-hydrogen) atoms. The van der Waals surface area contributed by atoms with Crippen LogP contribution in [0.25, 0.3) is 33.2 Å². The van der Waals surface area contributed by atoms with Crippen LogP contribution in [0.3, 0.4) is 0 Å². The number of carbonyl (C=O) groups is 1. The van der Waals surface area contributed by atoms with Gasteiger partial charge in [-0.3, -0.25) is 10.1 Å². The van der Waals surface area contributed by atoms with Crippen LogP contribution in [-0.2, 0) is 0 Å². The molecule has 0 aliphatic carbocycles. The Hall–Kier alpha value is -5.97. The lowest BCUT2D eigenvalue weighted by Crippen LogP contribution is -2.21. The van der Waals surface area contributed by atoms with Gasteiger partial charge in [-0.2, -0.15) is 5.10 Å². The third kappa shape index (κ3) is 5.02. The van der Waals surface area contributed by atoms with Gasteiger partial charge in [-0.1, -0.05) is 48.5 Å². The molecule has 3 aromatic carbocycles. The van der Waals surface area contributed by atoms with Crippen LogP contribution < -0.4 is 26.7 Å². The van der Waals surface area contributed by atoms with E-state index in [0.717, 1.165) is 27.6 Å². The molecule has 2 amide bonds. The molecular weight excluding hydrogens is 532 g/mol. The van der Waals surface area contributed by atoms with Gasteiger partial charge in [-0.05, 0) is 43.7 Å². The minimum absolute atomic E-state index is 0.185. The molecule has 0 saturated heterocycles. The minimum atomic E-state index is -0.524. The lowest BCUT2D eigenvalue weighted by atomic mass is 10.1. The number of carbonyl (C=O) groups excluding carboxylic acids is 1. The van der Waals surface area contributed by atoms with E-state index in [1.807, 2.05) is 62.4 Å². The molecule has 0 bridgehead atoms. The van der Waals surface area contributed by atoms with Crippen molar-refractivity contribution in [2.75, 3.05) is 16.4 Å². The van der Waals surface area contributed by atoms with E-state index in [-0.39, 0.29) is 11.5 Å². The number of anilines is 3. The number of ether oxygens (including phenoxy) is 1. The molecule has 0 atom stereocenters. The van der Waals surface area contributed by atoms with E-state index in [2.05, 4.69) is 37.3 Å². The normalized spacial score (nSPS) is 11.0. The van der Waals surface area contributed by atoms with Gasteiger partial charge in [-0.25, -0.2) is 19.4 Å². The second-order valence-corrected chi connectivity index (χ2v) is 9.74. The van der Waals surface area contributed by atoms with Crippen molar-refractivity contribution in [2.24, 2.45) is 0 Å². The van der Waals surface area contributed by atoms with E-state index in [9.17, 15) is 9.59 Å². The smallest absolute Gasteiger partial charge is 0.324 e. The second-order valence-electron chi connectivity index (χ2n) is 9.74. The Balaban J connectivity index is 1.30. The number of nitrogens with two attached hydrogens (primary N) is 1. The zero-order valence-electron chi connectivity index (χ0n) is 22.8. The van der Waals surface area contributed by atoms with E-state index >= 15 is 0 Å². The Morgan fingerprint density at radius 1 is 1.00 bits per heavy atom. The van der Waals surface area contributed by atoms with Crippen LogP contribution in [0.2, 0.25) is 0 Å². The lowest BCUT2D eigenvalue weighted by molar-refractivity contribution is 0.262. The summed E-state index contributed by atoms with van der Waals surface area (Å²) in [5.74, 6) is 1.19. The maximum Gasteiger partial charge on any atom is 0.324 e. The largest absolute Gasteiger partial charge is 0.454 e. The van der Waals surface area contributed by atoms with Gasteiger partial charge in [-0.15, -0.1) is 0 Å². The van der Waals surface area contributed by atoms with E-state index in [1.165, 1.54) is 6.20 Å². The quantitative estimate of drug-likeness (QED) is 0.195. The number of benzene rings is 3. The summed E-state index contributed by atoms with van der Waals surface area (Å²) in [6.45, 7) is 7.86. The Morgan fingerprint density at radius 3 is 2.52 bits per heavy atom. The number of H-pyrrole nitrogens is 1. The van der Waals surface area contributed by atoms with Crippen molar-refractivity contribution in [3.05, 3.63) is 107 Å². The van der Waals surface area contributed by atoms with E-state index in [1.54, 1.807) is 28.9 Å². The van der Waals surface area contributed by atoms with Crippen LogP contribution >= 0.6 is 0 Å². The molecule has 6 aromatic rings. The highest BCUT2D eigenvalue weighted by molar-refractivity contribution is 6.07. The first-order chi connectivity index (χ1) is 20.3. The van der Waals surface area contributed by atoms with Gasteiger partial charge in [0.2, 0.25) is 0 Å². The first-order valence-corrected chi connectivity index (χ1v) is 13.0.